The van der Waals surface area contributed by atoms with Crippen LogP contribution in [0.2, 0.25) is 0 Å². The van der Waals surface area contributed by atoms with Crippen molar-refractivity contribution in [1.29, 1.82) is 0 Å². The van der Waals surface area contributed by atoms with Gasteiger partial charge in [-0.05, 0) is 32.6 Å². The van der Waals surface area contributed by atoms with Crippen molar-refractivity contribution < 1.29 is 162 Å². The molecule has 1 radical (unpaired) electrons. The topological polar surface area (TPSA) is 422 Å². The van der Waals surface area contributed by atoms with E-state index in [2.05, 4.69) is 10.7 Å². The molecule has 0 spiro atoms. The summed E-state index contributed by atoms with van der Waals surface area (Å²) < 4.78 is 51.3. The van der Waals surface area contributed by atoms with E-state index in [1.54, 1.807) is 19.1 Å². The Hall–Kier alpha value is -2.03. The molecule has 419 valence electrons. The van der Waals surface area contributed by atoms with Crippen LogP contribution < -0.4 is 10.7 Å². The Morgan fingerprint density at radius 1 is 0.622 bits per heavy atom. The van der Waals surface area contributed by atoms with Gasteiger partial charge in [-0.3, -0.25) is 29.4 Å². The largest absolute Gasteiger partial charge is 0.668 e. The van der Waals surface area contributed by atoms with Gasteiger partial charge in [-0.1, -0.05) is 31.5 Å². The zero-order valence-electron chi connectivity index (χ0n) is 41.3. The van der Waals surface area contributed by atoms with Crippen molar-refractivity contribution in [2.45, 2.75) is 182 Å². The molecule has 6 rings (SSSR count). The van der Waals surface area contributed by atoms with Crippen molar-refractivity contribution >= 4 is 29.6 Å². The van der Waals surface area contributed by atoms with Crippen molar-refractivity contribution in [3.05, 3.63) is 17.9 Å². The Morgan fingerprint density at radius 2 is 1.23 bits per heavy atom. The van der Waals surface area contributed by atoms with Crippen LogP contribution >= 0.6 is 0 Å². The molecule has 1 aliphatic carbocycles. The van der Waals surface area contributed by atoms with Gasteiger partial charge >= 0.3 is 5.97 Å². The molecule has 13 N–H and O–H groups in total. The minimum Gasteiger partial charge on any atom is -0.668 e. The summed E-state index contributed by atoms with van der Waals surface area (Å²) in [4.78, 5) is 63.6. The van der Waals surface area contributed by atoms with Crippen molar-refractivity contribution in [3.8, 4) is 0 Å². The Morgan fingerprint density at radius 3 is 1.91 bits per heavy atom. The monoisotopic (exact) mass is 1280 g/mol. The number of hydrogen-bond acceptors (Lipinski definition) is 24. The maximum atomic E-state index is 13.5. The third-order valence-electron chi connectivity index (χ3n) is 14.1. The van der Waals surface area contributed by atoms with Gasteiger partial charge in [0.15, 0.2) is 18.9 Å². The number of unbranched alkanes of at least 4 members (excludes halogenated alkanes) is 2. The fourth-order valence-corrected chi connectivity index (χ4v) is 9.63. The Kier molecular flexibility index (Phi) is 23.9. The van der Waals surface area contributed by atoms with Crippen molar-refractivity contribution in [1.82, 2.24) is 15.8 Å². The summed E-state index contributed by atoms with van der Waals surface area (Å²) in [5.74, 6) is -5.47. The number of ether oxygens (including phenoxy) is 9. The van der Waals surface area contributed by atoms with Crippen LogP contribution in [0.4, 0.5) is 0 Å². The number of allylic oxidation sites excluding steroid dienone is 1. The first kappa shape index (κ1) is 62.8. The van der Waals surface area contributed by atoms with E-state index in [1.807, 2.05) is 0 Å². The van der Waals surface area contributed by atoms with Crippen LogP contribution in [0.3, 0.4) is 0 Å². The van der Waals surface area contributed by atoms with E-state index < -0.39 is 177 Å². The first-order valence-corrected chi connectivity index (χ1v) is 24.4. The number of hydrogen-bond donors (Lipinski definition) is 12. The fourth-order valence-electron chi connectivity index (χ4n) is 9.63. The van der Waals surface area contributed by atoms with Gasteiger partial charge in [0.25, 0.3) is 11.8 Å². The van der Waals surface area contributed by atoms with E-state index in [1.165, 1.54) is 20.9 Å². The van der Waals surface area contributed by atoms with Gasteiger partial charge in [-0.25, -0.2) is 0 Å². The minimum atomic E-state index is -1.94. The second kappa shape index (κ2) is 28.2. The number of aliphatic hydroxyl groups excluding tert-OH is 10. The number of imide groups is 1. The third-order valence-corrected chi connectivity index (χ3v) is 14.1. The van der Waals surface area contributed by atoms with Gasteiger partial charge in [-0.15, -0.1) is 0 Å². The number of hydrazine groups is 1. The van der Waals surface area contributed by atoms with Gasteiger partial charge in [0, 0.05) is 76.5 Å². The normalized spacial score (nSPS) is 42.3. The van der Waals surface area contributed by atoms with E-state index >= 15 is 0 Å². The van der Waals surface area contributed by atoms with Gasteiger partial charge in [0.1, 0.15) is 79.5 Å². The molecule has 5 fully saturated rings. The second-order valence-electron chi connectivity index (χ2n) is 19.2. The van der Waals surface area contributed by atoms with Crippen LogP contribution in [0.25, 0.3) is 5.73 Å². The molecule has 0 bridgehead atoms. The number of nitrogens with one attached hydrogen (secondary N) is 3. The molecule has 28 nitrogen and oxygen atoms in total. The minimum absolute atomic E-state index is 0. The zero-order valence-corrected chi connectivity index (χ0v) is 46.0. The Bertz CT molecular complexity index is 1910. The van der Waals surface area contributed by atoms with E-state index in [0.717, 1.165) is 0 Å². The van der Waals surface area contributed by atoms with Crippen LogP contribution in [-0.4, -0.2) is 242 Å². The number of aliphatic hydroxyl groups is 10. The average Bonchev–Trinajstić information content (AvgIpc) is 3.62. The maximum absolute atomic E-state index is 13.5. The van der Waals surface area contributed by atoms with E-state index in [0.29, 0.717) is 17.9 Å². The van der Waals surface area contributed by atoms with Crippen LogP contribution in [0, 0.1) is 67.7 Å². The molecule has 0 saturated carbocycles. The van der Waals surface area contributed by atoms with Crippen LogP contribution in [0.15, 0.2) is 12.2 Å². The second-order valence-corrected chi connectivity index (χ2v) is 19.2. The maximum Gasteiger partial charge on any atom is 0.306 e. The van der Waals surface area contributed by atoms with Crippen LogP contribution in [0.5, 0.6) is 0 Å². The van der Waals surface area contributed by atoms with E-state index in [4.69, 9.17) is 48.4 Å². The summed E-state index contributed by atoms with van der Waals surface area (Å²) in [5, 5.41) is 110. The molecule has 0 aromatic rings. The van der Waals surface area contributed by atoms with Crippen molar-refractivity contribution in [2.24, 2.45) is 23.7 Å². The van der Waals surface area contributed by atoms with Crippen LogP contribution in [0.1, 0.15) is 59.3 Å². The predicted molar refractivity (Wildman–Crippen MR) is 238 cm³/mol. The summed E-state index contributed by atoms with van der Waals surface area (Å²) in [6.07, 6.45) is -27.1. The summed E-state index contributed by atoms with van der Waals surface area (Å²) in [5.41, 5.74) is 11.4. The zero-order chi connectivity index (χ0) is 53.6. The number of fused-ring (bicyclic) bond motifs is 1. The van der Waals surface area contributed by atoms with E-state index in [9.17, 15) is 75.0 Å². The summed E-state index contributed by atoms with van der Waals surface area (Å²) in [7, 11) is 1.44. The molecule has 29 heteroatoms. The molecule has 6 aliphatic rings. The number of amides is 4. The van der Waals surface area contributed by atoms with Gasteiger partial charge < -0.3 is 105 Å². The predicted octanol–water partition coefficient (Wildman–Crippen LogP) is -5.53. The third kappa shape index (κ3) is 14.4. The number of carbonyl (C=O) groups excluding carboxylic acids is 5. The molecular formula is C45H71AcN4O24-. The SMILES string of the molecule is CNC(=O)CCC(=O)OCC1C=CC(C)C2C(=O)N(NC(=O)CCCCCOC3OC(C)C(O)C(OC4OC(CO)C(O)C(OC5OC(CO)C(O)C(O)C5OC5OC(C)C(O)C(O)C5O)C4[NH-])C3O)C(=O)C12.[Ac]. The molecule has 5 heterocycles. The van der Waals surface area contributed by atoms with Crippen LogP contribution in [-0.2, 0) is 66.6 Å². The molecule has 5 saturated heterocycles. The standard InChI is InChI=1S/C45H71N4O24.Ac/c1-17-9-10-20(16-66-25(54)12-11-23(52)47-4)27-26(17)40(63)49(41(27)64)48-24(53)8-6-5-7-13-65-43-36(62)38(30(56)19(3)67-43)72-42-28(46)37(32(58)22(15-51)69-42)71-45-39(34(60)31(57)21(14-50)70-45)73-44-35(61)33(59)29(55)18(2)68-44;/h9-10,17-22,26-39,42-46,50-51,55-62H,5-8,11-16H2,1-4H3,(H,47,52)(H,48,53);/q-1;. The van der Waals surface area contributed by atoms with Gasteiger partial charge in [0.2, 0.25) is 11.8 Å². The van der Waals surface area contributed by atoms with Crippen molar-refractivity contribution in [3.63, 3.8) is 0 Å². The summed E-state index contributed by atoms with van der Waals surface area (Å²) in [6.45, 7) is 2.61. The summed E-state index contributed by atoms with van der Waals surface area (Å²) in [6, 6.07) is -1.80. The molecule has 74 heavy (non-hydrogen) atoms. The van der Waals surface area contributed by atoms with Gasteiger partial charge in [-0.2, -0.15) is 5.01 Å². The Balaban J connectivity index is 0.0000101. The van der Waals surface area contributed by atoms with Gasteiger partial charge in [0.05, 0.1) is 56.4 Å². The molecule has 24 unspecified atom stereocenters. The quantitative estimate of drug-likeness (QED) is 0.0221. The first-order valence-electron chi connectivity index (χ1n) is 24.4. The molecular weight excluding hydrogens is 1210 g/mol. The number of carbonyl (C=O) groups is 5. The van der Waals surface area contributed by atoms with Crippen molar-refractivity contribution in [2.75, 3.05) is 33.5 Å². The van der Waals surface area contributed by atoms with E-state index in [-0.39, 0.29) is 94.8 Å². The fraction of sp³-hybridized carbons (Fsp3) is 0.844. The molecule has 0 aromatic carbocycles. The molecule has 24 atom stereocenters. The smallest absolute Gasteiger partial charge is 0.306 e. The molecule has 4 amide bonds. The number of esters is 1. The molecule has 0 aromatic heterocycles. The first-order chi connectivity index (χ1) is 34.6. The summed E-state index contributed by atoms with van der Waals surface area (Å²) >= 11 is 0. The Labute approximate surface area is 461 Å². The number of rotatable bonds is 21. The average molecular weight is 1280 g/mol. The number of nitrogens with zero attached hydrogens (tertiary/aromatic N) is 1. The molecule has 5 aliphatic heterocycles.